The Morgan fingerprint density at radius 3 is 2.68 bits per heavy atom. The Labute approximate surface area is 144 Å². The molecule has 0 saturated carbocycles. The van der Waals surface area contributed by atoms with Gasteiger partial charge < -0.3 is 15.4 Å². The SMILES string of the molecule is COc1ccc(CNC(=O)Nc2cc(-n3cnnn3)ccc2C)cc1. The summed E-state index contributed by atoms with van der Waals surface area (Å²) in [7, 11) is 1.62. The molecule has 0 aliphatic rings. The normalized spacial score (nSPS) is 10.3. The molecule has 128 valence electrons. The third-order valence-electron chi connectivity index (χ3n) is 3.70. The van der Waals surface area contributed by atoms with Crippen molar-refractivity contribution in [2.24, 2.45) is 0 Å². The third-order valence-corrected chi connectivity index (χ3v) is 3.70. The molecule has 2 N–H and O–H groups in total. The largest absolute Gasteiger partial charge is 0.497 e. The zero-order valence-corrected chi connectivity index (χ0v) is 13.9. The number of carbonyl (C=O) groups excluding carboxylic acids is 1. The van der Waals surface area contributed by atoms with Crippen molar-refractivity contribution in [2.45, 2.75) is 13.5 Å². The molecular weight excluding hydrogens is 320 g/mol. The molecule has 2 amide bonds. The van der Waals surface area contributed by atoms with Gasteiger partial charge in [0.25, 0.3) is 0 Å². The predicted molar refractivity (Wildman–Crippen MR) is 92.7 cm³/mol. The molecule has 1 aromatic heterocycles. The van der Waals surface area contributed by atoms with E-state index >= 15 is 0 Å². The number of rotatable bonds is 5. The van der Waals surface area contributed by atoms with Crippen molar-refractivity contribution in [3.63, 3.8) is 0 Å². The lowest BCUT2D eigenvalue weighted by Gasteiger charge is -2.11. The van der Waals surface area contributed by atoms with Gasteiger partial charge in [0.1, 0.15) is 12.1 Å². The molecule has 0 unspecified atom stereocenters. The number of aromatic nitrogens is 4. The molecule has 8 nitrogen and oxygen atoms in total. The molecule has 0 bridgehead atoms. The molecule has 3 aromatic rings. The van der Waals surface area contributed by atoms with Crippen LogP contribution in [0.1, 0.15) is 11.1 Å². The highest BCUT2D eigenvalue weighted by Crippen LogP contribution is 2.19. The van der Waals surface area contributed by atoms with Crippen molar-refractivity contribution in [3.05, 3.63) is 59.9 Å². The number of tetrazole rings is 1. The van der Waals surface area contributed by atoms with E-state index in [2.05, 4.69) is 26.2 Å². The standard InChI is InChI=1S/C17H18N6O2/c1-12-3-6-14(23-11-19-21-22-23)9-16(12)20-17(24)18-10-13-4-7-15(25-2)8-5-13/h3-9,11H,10H2,1-2H3,(H2,18,20,24). The first-order valence-corrected chi connectivity index (χ1v) is 7.67. The Balaban J connectivity index is 1.63. The number of aryl methyl sites for hydroxylation is 1. The molecule has 3 rings (SSSR count). The van der Waals surface area contributed by atoms with Crippen LogP contribution in [0.5, 0.6) is 5.75 Å². The summed E-state index contributed by atoms with van der Waals surface area (Å²) in [6, 6.07) is 12.8. The van der Waals surface area contributed by atoms with Crippen molar-refractivity contribution in [3.8, 4) is 11.4 Å². The average molecular weight is 338 g/mol. The van der Waals surface area contributed by atoms with E-state index in [4.69, 9.17) is 4.74 Å². The molecule has 0 saturated heterocycles. The topological polar surface area (TPSA) is 94.0 Å². The van der Waals surface area contributed by atoms with Gasteiger partial charge in [-0.25, -0.2) is 9.48 Å². The van der Waals surface area contributed by atoms with Gasteiger partial charge in [-0.15, -0.1) is 5.10 Å². The zero-order chi connectivity index (χ0) is 17.6. The van der Waals surface area contributed by atoms with Crippen LogP contribution in [0.4, 0.5) is 10.5 Å². The van der Waals surface area contributed by atoms with Gasteiger partial charge in [-0.3, -0.25) is 0 Å². The fourth-order valence-corrected chi connectivity index (χ4v) is 2.26. The van der Waals surface area contributed by atoms with E-state index in [0.29, 0.717) is 12.2 Å². The van der Waals surface area contributed by atoms with Gasteiger partial charge in [0.2, 0.25) is 0 Å². The number of methoxy groups -OCH3 is 1. The maximum atomic E-state index is 12.2. The van der Waals surface area contributed by atoms with Crippen LogP contribution in [-0.4, -0.2) is 33.3 Å². The Morgan fingerprint density at radius 1 is 1.20 bits per heavy atom. The number of ether oxygens (including phenoxy) is 1. The number of hydrogen-bond donors (Lipinski definition) is 2. The minimum Gasteiger partial charge on any atom is -0.497 e. The van der Waals surface area contributed by atoms with Crippen molar-refractivity contribution in [1.29, 1.82) is 0 Å². The molecule has 1 heterocycles. The minimum atomic E-state index is -0.284. The number of carbonyl (C=O) groups is 1. The van der Waals surface area contributed by atoms with Gasteiger partial charge in [0.05, 0.1) is 12.8 Å². The second kappa shape index (κ2) is 7.43. The maximum absolute atomic E-state index is 12.2. The first-order valence-electron chi connectivity index (χ1n) is 7.67. The van der Waals surface area contributed by atoms with Crippen LogP contribution in [0.25, 0.3) is 5.69 Å². The molecule has 0 radical (unpaired) electrons. The van der Waals surface area contributed by atoms with E-state index in [0.717, 1.165) is 22.6 Å². The fraction of sp³-hybridized carbons (Fsp3) is 0.176. The van der Waals surface area contributed by atoms with Crippen LogP contribution in [0.15, 0.2) is 48.8 Å². The van der Waals surface area contributed by atoms with E-state index in [1.54, 1.807) is 7.11 Å². The number of benzene rings is 2. The van der Waals surface area contributed by atoms with E-state index in [-0.39, 0.29) is 6.03 Å². The average Bonchev–Trinajstić information content (AvgIpc) is 3.17. The number of nitrogens with one attached hydrogen (secondary N) is 2. The monoisotopic (exact) mass is 338 g/mol. The number of nitrogens with zero attached hydrogens (tertiary/aromatic N) is 4. The molecule has 2 aromatic carbocycles. The van der Waals surface area contributed by atoms with Crippen molar-refractivity contribution in [2.75, 3.05) is 12.4 Å². The van der Waals surface area contributed by atoms with Crippen LogP contribution >= 0.6 is 0 Å². The quantitative estimate of drug-likeness (QED) is 0.744. The first-order chi connectivity index (χ1) is 12.2. The molecular formula is C17H18N6O2. The van der Waals surface area contributed by atoms with Gasteiger partial charge in [-0.1, -0.05) is 18.2 Å². The highest BCUT2D eigenvalue weighted by Gasteiger charge is 2.07. The zero-order valence-electron chi connectivity index (χ0n) is 13.9. The molecule has 0 aliphatic heterocycles. The second-order valence-corrected chi connectivity index (χ2v) is 5.41. The lowest BCUT2D eigenvalue weighted by Crippen LogP contribution is -2.28. The summed E-state index contributed by atoms with van der Waals surface area (Å²) in [5.74, 6) is 0.781. The summed E-state index contributed by atoms with van der Waals surface area (Å²) in [5.41, 5.74) is 3.38. The molecule has 25 heavy (non-hydrogen) atoms. The summed E-state index contributed by atoms with van der Waals surface area (Å²) in [4.78, 5) is 12.2. The van der Waals surface area contributed by atoms with Gasteiger partial charge in [-0.2, -0.15) is 0 Å². The smallest absolute Gasteiger partial charge is 0.319 e. The van der Waals surface area contributed by atoms with Gasteiger partial charge in [0, 0.05) is 12.2 Å². The Bertz CT molecular complexity index is 846. The fourth-order valence-electron chi connectivity index (χ4n) is 2.26. The highest BCUT2D eigenvalue weighted by molar-refractivity contribution is 5.90. The first kappa shape index (κ1) is 16.4. The van der Waals surface area contributed by atoms with Crippen LogP contribution in [0.3, 0.4) is 0 Å². The number of anilines is 1. The molecule has 0 fully saturated rings. The summed E-state index contributed by atoms with van der Waals surface area (Å²) in [5, 5.41) is 16.7. The van der Waals surface area contributed by atoms with E-state index in [1.165, 1.54) is 11.0 Å². The predicted octanol–water partition coefficient (Wildman–Crippen LogP) is 2.30. The van der Waals surface area contributed by atoms with Crippen molar-refractivity contribution >= 4 is 11.7 Å². The van der Waals surface area contributed by atoms with Crippen LogP contribution in [-0.2, 0) is 6.54 Å². The van der Waals surface area contributed by atoms with Gasteiger partial charge in [-0.05, 0) is 52.7 Å². The lowest BCUT2D eigenvalue weighted by molar-refractivity contribution is 0.251. The maximum Gasteiger partial charge on any atom is 0.319 e. The molecule has 0 atom stereocenters. The minimum absolute atomic E-state index is 0.284. The molecule has 8 heteroatoms. The van der Waals surface area contributed by atoms with E-state index in [9.17, 15) is 4.79 Å². The Morgan fingerprint density at radius 2 is 2.00 bits per heavy atom. The van der Waals surface area contributed by atoms with Crippen LogP contribution < -0.4 is 15.4 Å². The van der Waals surface area contributed by atoms with Crippen molar-refractivity contribution in [1.82, 2.24) is 25.5 Å². The second-order valence-electron chi connectivity index (χ2n) is 5.41. The number of hydrogen-bond acceptors (Lipinski definition) is 5. The highest BCUT2D eigenvalue weighted by atomic mass is 16.5. The van der Waals surface area contributed by atoms with E-state index < -0.39 is 0 Å². The summed E-state index contributed by atoms with van der Waals surface area (Å²) < 4.78 is 6.64. The van der Waals surface area contributed by atoms with Gasteiger partial charge in [0.15, 0.2) is 0 Å². The van der Waals surface area contributed by atoms with Gasteiger partial charge >= 0.3 is 6.03 Å². The molecule has 0 spiro atoms. The third kappa shape index (κ3) is 4.11. The van der Waals surface area contributed by atoms with Crippen LogP contribution in [0.2, 0.25) is 0 Å². The number of urea groups is 1. The summed E-state index contributed by atoms with van der Waals surface area (Å²) >= 11 is 0. The molecule has 0 aliphatic carbocycles. The van der Waals surface area contributed by atoms with E-state index in [1.807, 2.05) is 49.4 Å². The summed E-state index contributed by atoms with van der Waals surface area (Å²) in [6.07, 6.45) is 1.50. The number of amides is 2. The van der Waals surface area contributed by atoms with Crippen molar-refractivity contribution < 1.29 is 9.53 Å². The van der Waals surface area contributed by atoms with Crippen LogP contribution in [0, 0.1) is 6.92 Å². The lowest BCUT2D eigenvalue weighted by atomic mass is 10.2. The summed E-state index contributed by atoms with van der Waals surface area (Å²) in [6.45, 7) is 2.34. The Kier molecular flexibility index (Phi) is 4.89. The Hall–Kier alpha value is -3.42.